The van der Waals surface area contributed by atoms with Crippen molar-refractivity contribution in [2.75, 3.05) is 12.0 Å². The molecule has 0 radical (unpaired) electrons. The molecular formula is C16H26N4O. The van der Waals surface area contributed by atoms with Crippen molar-refractivity contribution in [1.29, 1.82) is 0 Å². The minimum Gasteiger partial charge on any atom is -0.352 e. The smallest absolute Gasteiger partial charge is 0.251 e. The lowest BCUT2D eigenvalue weighted by Gasteiger charge is -2.11. The third-order valence-corrected chi connectivity index (χ3v) is 4.11. The molecule has 1 saturated carbocycles. The molecule has 4 N–H and O–H groups in total. The number of nitrogens with one attached hydrogen (secondary N) is 2. The zero-order valence-corrected chi connectivity index (χ0v) is 12.8. The second-order valence-corrected chi connectivity index (χ2v) is 5.82. The van der Waals surface area contributed by atoms with Crippen LogP contribution in [0.2, 0.25) is 0 Å². The van der Waals surface area contributed by atoms with E-state index in [0.29, 0.717) is 11.4 Å². The van der Waals surface area contributed by atoms with Crippen molar-refractivity contribution in [2.24, 2.45) is 11.8 Å². The van der Waals surface area contributed by atoms with Crippen LogP contribution >= 0.6 is 0 Å². The molecular weight excluding hydrogens is 264 g/mol. The van der Waals surface area contributed by atoms with Gasteiger partial charge in [0.05, 0.1) is 0 Å². The van der Waals surface area contributed by atoms with E-state index in [1.807, 2.05) is 6.07 Å². The van der Waals surface area contributed by atoms with Crippen LogP contribution in [0.3, 0.4) is 0 Å². The zero-order chi connectivity index (χ0) is 15.1. The third kappa shape index (κ3) is 4.70. The van der Waals surface area contributed by atoms with Gasteiger partial charge in [0, 0.05) is 17.8 Å². The Hall–Kier alpha value is -1.62. The predicted octanol–water partition coefficient (Wildman–Crippen LogP) is 2.63. The molecule has 1 aromatic rings. The lowest BCUT2D eigenvalue weighted by molar-refractivity contribution is 0.0951. The molecule has 0 unspecified atom stereocenters. The molecule has 2 rings (SSSR count). The summed E-state index contributed by atoms with van der Waals surface area (Å²) in [5.41, 5.74) is 4.06. The van der Waals surface area contributed by atoms with Gasteiger partial charge in [-0.25, -0.2) is 10.8 Å². The first-order valence-corrected chi connectivity index (χ1v) is 7.98. The number of nitrogens with zero attached hydrogens (tertiary/aromatic N) is 1. The van der Waals surface area contributed by atoms with Crippen molar-refractivity contribution in [3.8, 4) is 0 Å². The molecule has 0 bridgehead atoms. The predicted molar refractivity (Wildman–Crippen MR) is 85.0 cm³/mol. The van der Waals surface area contributed by atoms with Crippen LogP contribution in [0.5, 0.6) is 0 Å². The highest BCUT2D eigenvalue weighted by atomic mass is 16.1. The van der Waals surface area contributed by atoms with Gasteiger partial charge in [0.25, 0.3) is 5.91 Å². The van der Waals surface area contributed by atoms with Crippen LogP contribution in [0.1, 0.15) is 61.5 Å². The summed E-state index contributed by atoms with van der Waals surface area (Å²) in [6, 6.07) is 3.55. The number of nitrogens with two attached hydrogens (primary N) is 1. The molecule has 0 saturated heterocycles. The zero-order valence-electron chi connectivity index (χ0n) is 12.8. The second kappa shape index (κ2) is 7.98. The highest BCUT2D eigenvalue weighted by Gasteiger charge is 2.15. The molecule has 21 heavy (non-hydrogen) atoms. The van der Waals surface area contributed by atoms with Crippen LogP contribution in [0, 0.1) is 5.92 Å². The van der Waals surface area contributed by atoms with Gasteiger partial charge in [0.2, 0.25) is 0 Å². The molecule has 1 amide bonds. The average Bonchev–Trinajstić information content (AvgIpc) is 3.00. The van der Waals surface area contributed by atoms with Crippen LogP contribution in [0.4, 0.5) is 5.82 Å². The van der Waals surface area contributed by atoms with Gasteiger partial charge in [-0.1, -0.05) is 39.0 Å². The quantitative estimate of drug-likeness (QED) is 0.533. The molecule has 0 atom stereocenters. The minimum absolute atomic E-state index is 0.0377. The molecule has 1 heterocycles. The maximum atomic E-state index is 12.2. The Morgan fingerprint density at radius 2 is 2.14 bits per heavy atom. The van der Waals surface area contributed by atoms with E-state index in [9.17, 15) is 4.79 Å². The van der Waals surface area contributed by atoms with E-state index in [2.05, 4.69) is 22.7 Å². The van der Waals surface area contributed by atoms with Crippen molar-refractivity contribution in [3.05, 3.63) is 23.4 Å². The number of pyridine rings is 1. The maximum absolute atomic E-state index is 12.2. The Kier molecular flexibility index (Phi) is 5.99. The van der Waals surface area contributed by atoms with Gasteiger partial charge in [-0.05, 0) is 30.9 Å². The summed E-state index contributed by atoms with van der Waals surface area (Å²) < 4.78 is 0. The summed E-state index contributed by atoms with van der Waals surface area (Å²) in [5.74, 6) is 6.72. The summed E-state index contributed by atoms with van der Waals surface area (Å²) >= 11 is 0. The highest BCUT2D eigenvalue weighted by molar-refractivity contribution is 5.94. The number of anilines is 1. The molecule has 5 nitrogen and oxygen atoms in total. The molecule has 116 valence electrons. The third-order valence-electron chi connectivity index (χ3n) is 4.11. The summed E-state index contributed by atoms with van der Waals surface area (Å²) in [4.78, 5) is 16.6. The molecule has 0 aromatic carbocycles. The Morgan fingerprint density at radius 1 is 1.38 bits per heavy atom. The lowest BCUT2D eigenvalue weighted by Crippen LogP contribution is -2.26. The Morgan fingerprint density at radius 3 is 2.81 bits per heavy atom. The summed E-state index contributed by atoms with van der Waals surface area (Å²) in [7, 11) is 0. The van der Waals surface area contributed by atoms with E-state index in [4.69, 9.17) is 5.84 Å². The first-order valence-electron chi connectivity index (χ1n) is 7.98. The molecule has 1 aliphatic carbocycles. The number of hydrogen-bond acceptors (Lipinski definition) is 4. The van der Waals surface area contributed by atoms with Crippen molar-refractivity contribution in [3.63, 3.8) is 0 Å². The van der Waals surface area contributed by atoms with Crippen molar-refractivity contribution in [2.45, 2.75) is 51.9 Å². The van der Waals surface area contributed by atoms with Gasteiger partial charge >= 0.3 is 0 Å². The summed E-state index contributed by atoms with van der Waals surface area (Å²) in [6.45, 7) is 2.84. The average molecular weight is 290 g/mol. The van der Waals surface area contributed by atoms with E-state index < -0.39 is 0 Å². The van der Waals surface area contributed by atoms with E-state index in [1.54, 1.807) is 6.07 Å². The van der Waals surface area contributed by atoms with Gasteiger partial charge in [0.15, 0.2) is 0 Å². The summed E-state index contributed by atoms with van der Waals surface area (Å²) in [6.07, 6.45) is 8.23. The van der Waals surface area contributed by atoms with Crippen LogP contribution in [-0.2, 0) is 6.42 Å². The largest absolute Gasteiger partial charge is 0.352 e. The SMILES string of the molecule is CCCc1cc(C(=O)NCCC2CCCC2)cc(NN)n1. The molecule has 1 aromatic heterocycles. The number of amides is 1. The monoisotopic (exact) mass is 290 g/mol. The molecule has 1 fully saturated rings. The number of hydrogen-bond donors (Lipinski definition) is 3. The van der Waals surface area contributed by atoms with Crippen LogP contribution < -0.4 is 16.6 Å². The molecule has 1 aliphatic rings. The Bertz CT molecular complexity index is 469. The molecule has 5 heteroatoms. The fourth-order valence-electron chi connectivity index (χ4n) is 2.97. The van der Waals surface area contributed by atoms with E-state index >= 15 is 0 Å². The van der Waals surface area contributed by atoms with Crippen molar-refractivity contribution >= 4 is 11.7 Å². The molecule has 0 aliphatic heterocycles. The number of aryl methyl sites for hydroxylation is 1. The van der Waals surface area contributed by atoms with E-state index in [-0.39, 0.29) is 5.91 Å². The molecule has 0 spiro atoms. The Labute approximate surface area is 126 Å². The van der Waals surface area contributed by atoms with Crippen molar-refractivity contribution in [1.82, 2.24) is 10.3 Å². The number of hydrazine groups is 1. The minimum atomic E-state index is -0.0377. The van der Waals surface area contributed by atoms with Gasteiger partial charge in [-0.2, -0.15) is 0 Å². The number of carbonyl (C=O) groups excluding carboxylic acids is 1. The second-order valence-electron chi connectivity index (χ2n) is 5.82. The normalized spacial score (nSPS) is 15.1. The Balaban J connectivity index is 1.92. The van der Waals surface area contributed by atoms with Gasteiger partial charge < -0.3 is 10.7 Å². The fourth-order valence-corrected chi connectivity index (χ4v) is 2.97. The topological polar surface area (TPSA) is 80.0 Å². The van der Waals surface area contributed by atoms with Gasteiger partial charge in [-0.15, -0.1) is 0 Å². The van der Waals surface area contributed by atoms with E-state index in [1.165, 1.54) is 25.7 Å². The van der Waals surface area contributed by atoms with Crippen LogP contribution in [-0.4, -0.2) is 17.4 Å². The lowest BCUT2D eigenvalue weighted by atomic mass is 10.0. The first kappa shape index (κ1) is 15.8. The first-order chi connectivity index (χ1) is 10.2. The van der Waals surface area contributed by atoms with Crippen LogP contribution in [0.15, 0.2) is 12.1 Å². The van der Waals surface area contributed by atoms with Crippen molar-refractivity contribution < 1.29 is 4.79 Å². The van der Waals surface area contributed by atoms with Gasteiger partial charge in [0.1, 0.15) is 5.82 Å². The van der Waals surface area contributed by atoms with Gasteiger partial charge in [-0.3, -0.25) is 4.79 Å². The number of nitrogen functional groups attached to an aromatic ring is 1. The number of rotatable bonds is 7. The fraction of sp³-hybridized carbons (Fsp3) is 0.625. The number of aromatic nitrogens is 1. The highest BCUT2D eigenvalue weighted by Crippen LogP contribution is 2.26. The van der Waals surface area contributed by atoms with Crippen LogP contribution in [0.25, 0.3) is 0 Å². The van der Waals surface area contributed by atoms with E-state index in [0.717, 1.165) is 37.4 Å². The standard InChI is InChI=1S/C16H26N4O/c1-2-5-14-10-13(11-15(19-14)20-17)16(21)18-9-8-12-6-3-4-7-12/h10-12H,2-9,17H2,1H3,(H,18,21)(H,19,20). The number of carbonyl (C=O) groups is 1. The summed E-state index contributed by atoms with van der Waals surface area (Å²) in [5, 5.41) is 3.01. The maximum Gasteiger partial charge on any atom is 0.251 e.